The molecule has 110 valence electrons. The average Bonchev–Trinajstić information content (AvgIpc) is 2.45. The third-order valence-electron chi connectivity index (χ3n) is 3.86. The fourth-order valence-corrected chi connectivity index (χ4v) is 2.08. The molecule has 4 heteroatoms. The minimum absolute atomic E-state index is 0.0530. The number of carbonyl (C=O) groups excluding carboxylic acids is 2. The van der Waals surface area contributed by atoms with Crippen LogP contribution in [0.15, 0.2) is 0 Å². The average molecular weight is 276 g/mol. The maximum atomic E-state index is 11.7. The molecule has 0 spiro atoms. The molecule has 0 bridgehead atoms. The van der Waals surface area contributed by atoms with E-state index in [4.69, 9.17) is 0 Å². The van der Waals surface area contributed by atoms with Crippen molar-refractivity contribution < 1.29 is 9.59 Å². The van der Waals surface area contributed by atoms with Crippen LogP contribution in [0.2, 0.25) is 0 Å². The Morgan fingerprint density at radius 1 is 0.700 bits per heavy atom. The highest BCUT2D eigenvalue weighted by atomic mass is 16.2. The molecule has 1 aromatic rings. The first kappa shape index (κ1) is 16.2. The minimum Gasteiger partial charge on any atom is -0.324 e. The van der Waals surface area contributed by atoms with Crippen LogP contribution in [0.3, 0.4) is 0 Å². The lowest BCUT2D eigenvalue weighted by atomic mass is 9.95. The van der Waals surface area contributed by atoms with Gasteiger partial charge < -0.3 is 10.6 Å². The van der Waals surface area contributed by atoms with Crippen LogP contribution in [0.25, 0.3) is 0 Å². The minimum atomic E-state index is -0.0530. The Labute approximate surface area is 121 Å². The van der Waals surface area contributed by atoms with Crippen LogP contribution in [0.4, 0.5) is 11.4 Å². The number of benzene rings is 1. The third-order valence-corrected chi connectivity index (χ3v) is 3.86. The molecule has 0 unspecified atom stereocenters. The van der Waals surface area contributed by atoms with Gasteiger partial charge in [-0.05, 0) is 49.9 Å². The molecule has 0 aromatic heterocycles. The van der Waals surface area contributed by atoms with Gasteiger partial charge in [0.15, 0.2) is 0 Å². The summed E-state index contributed by atoms with van der Waals surface area (Å²) >= 11 is 0. The molecule has 0 aliphatic rings. The summed E-state index contributed by atoms with van der Waals surface area (Å²) in [7, 11) is 0. The van der Waals surface area contributed by atoms with Crippen LogP contribution in [-0.4, -0.2) is 11.8 Å². The second kappa shape index (κ2) is 6.55. The highest BCUT2D eigenvalue weighted by Crippen LogP contribution is 2.35. The summed E-state index contributed by atoms with van der Waals surface area (Å²) in [5, 5.41) is 5.83. The Kier molecular flexibility index (Phi) is 5.31. The zero-order valence-electron chi connectivity index (χ0n) is 13.2. The molecule has 2 amide bonds. The standard InChI is InChI=1S/C16H24N2O2/c1-7-13(19)17-15-11(5)9(3)10(4)12(6)16(15)18-14(20)8-2/h7-8H2,1-6H3,(H,17,19)(H,18,20). The quantitative estimate of drug-likeness (QED) is 0.882. The summed E-state index contributed by atoms with van der Waals surface area (Å²) < 4.78 is 0. The van der Waals surface area contributed by atoms with Crippen molar-refractivity contribution in [2.45, 2.75) is 54.4 Å². The van der Waals surface area contributed by atoms with Gasteiger partial charge in [0.25, 0.3) is 0 Å². The van der Waals surface area contributed by atoms with E-state index in [1.165, 1.54) is 0 Å². The maximum Gasteiger partial charge on any atom is 0.224 e. The van der Waals surface area contributed by atoms with Crippen LogP contribution in [0.1, 0.15) is 48.9 Å². The first-order chi connectivity index (χ1) is 9.33. The van der Waals surface area contributed by atoms with Gasteiger partial charge >= 0.3 is 0 Å². The molecular weight excluding hydrogens is 252 g/mol. The first-order valence-electron chi connectivity index (χ1n) is 7.03. The summed E-state index contributed by atoms with van der Waals surface area (Å²) in [5.74, 6) is -0.106. The van der Waals surface area contributed by atoms with E-state index in [-0.39, 0.29) is 11.8 Å². The zero-order valence-corrected chi connectivity index (χ0v) is 13.2. The van der Waals surface area contributed by atoms with Crippen molar-refractivity contribution in [3.8, 4) is 0 Å². The second-order valence-electron chi connectivity index (χ2n) is 5.05. The maximum absolute atomic E-state index is 11.7. The van der Waals surface area contributed by atoms with Crippen molar-refractivity contribution in [1.82, 2.24) is 0 Å². The van der Waals surface area contributed by atoms with E-state index in [2.05, 4.69) is 10.6 Å². The number of carbonyl (C=O) groups is 2. The molecule has 0 fully saturated rings. The molecule has 1 rings (SSSR count). The van der Waals surface area contributed by atoms with Gasteiger partial charge in [0.05, 0.1) is 11.4 Å². The molecule has 0 radical (unpaired) electrons. The van der Waals surface area contributed by atoms with Crippen LogP contribution < -0.4 is 10.6 Å². The van der Waals surface area contributed by atoms with Gasteiger partial charge in [-0.2, -0.15) is 0 Å². The highest BCUT2D eigenvalue weighted by Gasteiger charge is 2.17. The Morgan fingerprint density at radius 2 is 1.00 bits per heavy atom. The summed E-state index contributed by atoms with van der Waals surface area (Å²) in [6.07, 6.45) is 0.819. The van der Waals surface area contributed by atoms with E-state index < -0.39 is 0 Å². The molecule has 20 heavy (non-hydrogen) atoms. The van der Waals surface area contributed by atoms with Crippen molar-refractivity contribution >= 4 is 23.2 Å². The number of nitrogens with one attached hydrogen (secondary N) is 2. The van der Waals surface area contributed by atoms with Crippen LogP contribution in [0.5, 0.6) is 0 Å². The van der Waals surface area contributed by atoms with E-state index >= 15 is 0 Å². The normalized spacial score (nSPS) is 10.3. The summed E-state index contributed by atoms with van der Waals surface area (Å²) in [6, 6.07) is 0. The highest BCUT2D eigenvalue weighted by molar-refractivity contribution is 6.01. The van der Waals surface area contributed by atoms with E-state index in [0.29, 0.717) is 12.8 Å². The van der Waals surface area contributed by atoms with Crippen LogP contribution in [0, 0.1) is 27.7 Å². The SMILES string of the molecule is CCC(=O)Nc1c(C)c(C)c(C)c(C)c1NC(=O)CC. The summed E-state index contributed by atoms with van der Waals surface area (Å²) in [4.78, 5) is 23.4. The molecule has 0 aliphatic carbocycles. The predicted molar refractivity (Wildman–Crippen MR) is 83.2 cm³/mol. The van der Waals surface area contributed by atoms with Gasteiger partial charge in [0.2, 0.25) is 11.8 Å². The molecule has 0 saturated heterocycles. The lowest BCUT2D eigenvalue weighted by Gasteiger charge is -2.21. The monoisotopic (exact) mass is 276 g/mol. The number of hydrogen-bond acceptors (Lipinski definition) is 2. The van der Waals surface area contributed by atoms with Gasteiger partial charge in [-0.3, -0.25) is 9.59 Å². The number of amides is 2. The topological polar surface area (TPSA) is 58.2 Å². The zero-order chi connectivity index (χ0) is 15.4. The smallest absolute Gasteiger partial charge is 0.224 e. The molecule has 0 heterocycles. The van der Waals surface area contributed by atoms with Gasteiger partial charge in [0.1, 0.15) is 0 Å². The molecule has 4 nitrogen and oxygen atoms in total. The Hall–Kier alpha value is -1.84. The molecule has 0 saturated carbocycles. The van der Waals surface area contributed by atoms with Gasteiger partial charge in [0, 0.05) is 12.8 Å². The van der Waals surface area contributed by atoms with E-state index in [9.17, 15) is 9.59 Å². The summed E-state index contributed by atoms with van der Waals surface area (Å²) in [6.45, 7) is 11.6. The molecule has 0 atom stereocenters. The number of rotatable bonds is 4. The van der Waals surface area contributed by atoms with Crippen molar-refractivity contribution in [1.29, 1.82) is 0 Å². The lowest BCUT2D eigenvalue weighted by Crippen LogP contribution is -2.18. The van der Waals surface area contributed by atoms with Crippen molar-refractivity contribution in [3.05, 3.63) is 22.3 Å². The molecule has 0 aliphatic heterocycles. The fraction of sp³-hybridized carbons (Fsp3) is 0.500. The van der Waals surface area contributed by atoms with E-state index in [0.717, 1.165) is 33.6 Å². The van der Waals surface area contributed by atoms with Gasteiger partial charge in [-0.25, -0.2) is 0 Å². The Morgan fingerprint density at radius 3 is 1.25 bits per heavy atom. The Bertz CT molecular complexity index is 499. The van der Waals surface area contributed by atoms with Gasteiger partial charge in [-0.1, -0.05) is 13.8 Å². The lowest BCUT2D eigenvalue weighted by molar-refractivity contribution is -0.116. The molecule has 2 N–H and O–H groups in total. The predicted octanol–water partition coefficient (Wildman–Crippen LogP) is 3.62. The Balaban J connectivity index is 3.43. The first-order valence-corrected chi connectivity index (χ1v) is 7.03. The van der Waals surface area contributed by atoms with E-state index in [1.54, 1.807) is 0 Å². The van der Waals surface area contributed by atoms with E-state index in [1.807, 2.05) is 41.5 Å². The van der Waals surface area contributed by atoms with Gasteiger partial charge in [-0.15, -0.1) is 0 Å². The van der Waals surface area contributed by atoms with Crippen molar-refractivity contribution in [3.63, 3.8) is 0 Å². The fourth-order valence-electron chi connectivity index (χ4n) is 2.08. The summed E-state index contributed by atoms with van der Waals surface area (Å²) in [5.41, 5.74) is 5.73. The largest absolute Gasteiger partial charge is 0.324 e. The second-order valence-corrected chi connectivity index (χ2v) is 5.05. The number of anilines is 2. The van der Waals surface area contributed by atoms with Crippen molar-refractivity contribution in [2.24, 2.45) is 0 Å². The number of hydrogen-bond donors (Lipinski definition) is 2. The van der Waals surface area contributed by atoms with Crippen LogP contribution >= 0.6 is 0 Å². The molecular formula is C16H24N2O2. The molecule has 1 aromatic carbocycles. The van der Waals surface area contributed by atoms with Crippen LogP contribution in [-0.2, 0) is 9.59 Å². The van der Waals surface area contributed by atoms with Crippen molar-refractivity contribution in [2.75, 3.05) is 10.6 Å². The third kappa shape index (κ3) is 3.18.